The van der Waals surface area contributed by atoms with Crippen LogP contribution in [-0.2, 0) is 6.54 Å². The lowest BCUT2D eigenvalue weighted by Gasteiger charge is -2.47. The molecule has 2 aliphatic rings. The molecule has 0 atom stereocenters. The monoisotopic (exact) mass is 410 g/mol. The van der Waals surface area contributed by atoms with Crippen LogP contribution in [0.25, 0.3) is 0 Å². The Kier molecular flexibility index (Phi) is 5.49. The maximum atomic E-state index is 12.4. The first-order chi connectivity index (χ1) is 14.1. The number of piperidine rings is 1. The fourth-order valence-corrected chi connectivity index (χ4v) is 5.41. The Labute approximate surface area is 179 Å². The van der Waals surface area contributed by atoms with E-state index >= 15 is 0 Å². The molecule has 4 rings (SSSR count). The minimum atomic E-state index is -0.356. The van der Waals surface area contributed by atoms with Gasteiger partial charge in [0.25, 0.3) is 10.9 Å². The van der Waals surface area contributed by atoms with Gasteiger partial charge in [0.05, 0.1) is 0 Å². The SMILES string of the molecule is CC1(C)CC(Nc2c(N3CCN(Cc4ccccc4)CC3)c(=O)c2=O)CC(C)(C)N1. The first kappa shape index (κ1) is 21.1. The van der Waals surface area contributed by atoms with Crippen molar-refractivity contribution in [3.8, 4) is 0 Å². The van der Waals surface area contributed by atoms with Crippen LogP contribution in [0.15, 0.2) is 39.9 Å². The van der Waals surface area contributed by atoms with Crippen LogP contribution in [0.1, 0.15) is 46.1 Å². The summed E-state index contributed by atoms with van der Waals surface area (Å²) in [6.07, 6.45) is 1.83. The first-order valence-corrected chi connectivity index (χ1v) is 11.0. The molecule has 0 saturated carbocycles. The van der Waals surface area contributed by atoms with E-state index in [1.807, 2.05) is 6.07 Å². The molecule has 2 aromatic rings. The summed E-state index contributed by atoms with van der Waals surface area (Å²) in [7, 11) is 0. The van der Waals surface area contributed by atoms with Crippen molar-refractivity contribution in [3.63, 3.8) is 0 Å². The molecule has 0 aliphatic carbocycles. The van der Waals surface area contributed by atoms with E-state index in [2.05, 4.69) is 72.4 Å². The van der Waals surface area contributed by atoms with Gasteiger partial charge in [-0.3, -0.25) is 14.5 Å². The van der Waals surface area contributed by atoms with Gasteiger partial charge in [-0.1, -0.05) is 30.3 Å². The molecule has 2 aliphatic heterocycles. The van der Waals surface area contributed by atoms with E-state index in [1.165, 1.54) is 5.56 Å². The molecule has 0 amide bonds. The van der Waals surface area contributed by atoms with Gasteiger partial charge in [-0.05, 0) is 46.1 Å². The molecule has 6 nitrogen and oxygen atoms in total. The zero-order valence-corrected chi connectivity index (χ0v) is 18.6. The zero-order valence-electron chi connectivity index (χ0n) is 18.6. The van der Waals surface area contributed by atoms with Crippen molar-refractivity contribution < 1.29 is 0 Å². The Morgan fingerprint density at radius 1 is 0.933 bits per heavy atom. The van der Waals surface area contributed by atoms with Gasteiger partial charge in [0.15, 0.2) is 0 Å². The molecule has 2 aromatic carbocycles. The van der Waals surface area contributed by atoms with Gasteiger partial charge in [0, 0.05) is 49.8 Å². The molecule has 0 radical (unpaired) electrons. The zero-order chi connectivity index (χ0) is 21.5. The van der Waals surface area contributed by atoms with Crippen LogP contribution in [0.5, 0.6) is 0 Å². The van der Waals surface area contributed by atoms with Crippen LogP contribution in [0.4, 0.5) is 11.4 Å². The van der Waals surface area contributed by atoms with Crippen LogP contribution in [0.3, 0.4) is 0 Å². The van der Waals surface area contributed by atoms with E-state index in [0.717, 1.165) is 45.6 Å². The summed E-state index contributed by atoms with van der Waals surface area (Å²) >= 11 is 0. The van der Waals surface area contributed by atoms with Crippen molar-refractivity contribution in [2.75, 3.05) is 36.4 Å². The van der Waals surface area contributed by atoms with Gasteiger partial charge >= 0.3 is 0 Å². The Bertz CT molecular complexity index is 935. The topological polar surface area (TPSA) is 64.7 Å². The number of nitrogens with zero attached hydrogens (tertiary/aromatic N) is 2. The molecule has 2 saturated heterocycles. The van der Waals surface area contributed by atoms with Gasteiger partial charge in [-0.15, -0.1) is 0 Å². The summed E-state index contributed by atoms with van der Waals surface area (Å²) in [5.74, 6) is 0. The predicted molar refractivity (Wildman–Crippen MR) is 123 cm³/mol. The Morgan fingerprint density at radius 2 is 1.53 bits per heavy atom. The molecule has 0 bridgehead atoms. The summed E-state index contributed by atoms with van der Waals surface area (Å²) < 4.78 is 0. The maximum absolute atomic E-state index is 12.4. The molecule has 0 aromatic heterocycles. The summed E-state index contributed by atoms with van der Waals surface area (Å²) in [4.78, 5) is 29.3. The molecule has 2 heterocycles. The number of piperazine rings is 1. The highest BCUT2D eigenvalue weighted by atomic mass is 16.2. The minimum Gasteiger partial charge on any atom is -0.377 e. The second-order valence-corrected chi connectivity index (χ2v) is 10.3. The van der Waals surface area contributed by atoms with Gasteiger partial charge in [0.1, 0.15) is 11.4 Å². The Hall–Kier alpha value is -2.18. The summed E-state index contributed by atoms with van der Waals surface area (Å²) in [5.41, 5.74) is 1.73. The van der Waals surface area contributed by atoms with Crippen molar-refractivity contribution in [2.45, 2.75) is 64.2 Å². The van der Waals surface area contributed by atoms with E-state index in [0.29, 0.717) is 11.4 Å². The molecule has 2 N–H and O–H groups in total. The van der Waals surface area contributed by atoms with E-state index < -0.39 is 0 Å². The van der Waals surface area contributed by atoms with Crippen LogP contribution in [0, 0.1) is 0 Å². The van der Waals surface area contributed by atoms with E-state index in [9.17, 15) is 9.59 Å². The number of hydrogen-bond acceptors (Lipinski definition) is 6. The fraction of sp³-hybridized carbons (Fsp3) is 0.583. The standard InChI is InChI=1S/C24H34N4O2/c1-23(2)14-18(15-24(3,4)26-23)25-19-20(22(30)21(19)29)28-12-10-27(11-13-28)16-17-8-6-5-7-9-17/h5-9,18,25-26H,10-16H2,1-4H3. The Morgan fingerprint density at radius 3 is 2.13 bits per heavy atom. The predicted octanol–water partition coefficient (Wildman–Crippen LogP) is 2.33. The average molecular weight is 411 g/mol. The number of anilines is 2. The Balaban J connectivity index is 1.41. The smallest absolute Gasteiger partial charge is 0.253 e. The summed E-state index contributed by atoms with van der Waals surface area (Å²) in [6, 6.07) is 10.6. The third-order valence-electron chi connectivity index (χ3n) is 6.36. The third-order valence-corrected chi connectivity index (χ3v) is 6.36. The molecule has 6 heteroatoms. The van der Waals surface area contributed by atoms with Crippen LogP contribution in [0.2, 0.25) is 0 Å². The van der Waals surface area contributed by atoms with E-state index in [-0.39, 0.29) is 28.0 Å². The number of benzene rings is 1. The van der Waals surface area contributed by atoms with Crippen molar-refractivity contribution >= 4 is 11.4 Å². The largest absolute Gasteiger partial charge is 0.377 e. The number of nitrogens with one attached hydrogen (secondary N) is 2. The maximum Gasteiger partial charge on any atom is 0.253 e. The van der Waals surface area contributed by atoms with Gasteiger partial charge in [-0.2, -0.15) is 0 Å². The second kappa shape index (κ2) is 7.82. The average Bonchev–Trinajstić information content (AvgIpc) is 2.67. The quantitative estimate of drug-likeness (QED) is 0.738. The van der Waals surface area contributed by atoms with Gasteiger partial charge < -0.3 is 15.5 Å². The second-order valence-electron chi connectivity index (χ2n) is 10.3. The molecular weight excluding hydrogens is 376 g/mol. The van der Waals surface area contributed by atoms with Crippen LogP contribution >= 0.6 is 0 Å². The van der Waals surface area contributed by atoms with Crippen LogP contribution in [-0.4, -0.2) is 48.2 Å². The number of hydrogen-bond donors (Lipinski definition) is 2. The van der Waals surface area contributed by atoms with Gasteiger partial charge in [-0.25, -0.2) is 0 Å². The van der Waals surface area contributed by atoms with Crippen molar-refractivity contribution in [1.29, 1.82) is 0 Å². The highest BCUT2D eigenvalue weighted by Gasteiger charge is 2.39. The third kappa shape index (κ3) is 4.44. The minimum absolute atomic E-state index is 0.0139. The highest BCUT2D eigenvalue weighted by Crippen LogP contribution is 2.32. The lowest BCUT2D eigenvalue weighted by molar-refractivity contribution is 0.170. The normalized spacial score (nSPS) is 22.3. The summed E-state index contributed by atoms with van der Waals surface area (Å²) in [6.45, 7) is 13.0. The lowest BCUT2D eigenvalue weighted by atomic mass is 9.79. The highest BCUT2D eigenvalue weighted by molar-refractivity contribution is 5.75. The van der Waals surface area contributed by atoms with Crippen molar-refractivity contribution in [2.24, 2.45) is 0 Å². The lowest BCUT2D eigenvalue weighted by Crippen LogP contribution is -2.61. The van der Waals surface area contributed by atoms with E-state index in [1.54, 1.807) is 0 Å². The van der Waals surface area contributed by atoms with E-state index in [4.69, 9.17) is 0 Å². The van der Waals surface area contributed by atoms with Crippen LogP contribution < -0.4 is 26.4 Å². The molecule has 30 heavy (non-hydrogen) atoms. The molecule has 162 valence electrons. The molecular formula is C24H34N4O2. The van der Waals surface area contributed by atoms with Gasteiger partial charge in [0.2, 0.25) is 0 Å². The van der Waals surface area contributed by atoms with Crippen molar-refractivity contribution in [1.82, 2.24) is 10.2 Å². The first-order valence-electron chi connectivity index (χ1n) is 11.0. The molecule has 0 unspecified atom stereocenters. The van der Waals surface area contributed by atoms with Crippen molar-refractivity contribution in [3.05, 3.63) is 56.3 Å². The fourth-order valence-electron chi connectivity index (χ4n) is 5.41. The molecule has 2 fully saturated rings. The number of rotatable bonds is 5. The summed E-state index contributed by atoms with van der Waals surface area (Å²) in [5, 5.41) is 7.13. The molecule has 0 spiro atoms.